The molecule has 0 N–H and O–H groups in total. The Morgan fingerprint density at radius 3 is 2.11 bits per heavy atom. The highest BCUT2D eigenvalue weighted by Crippen LogP contribution is 2.43. The molecule has 35 heavy (non-hydrogen) atoms. The third-order valence-corrected chi connectivity index (χ3v) is 7.24. The zero-order valence-corrected chi connectivity index (χ0v) is 20.8. The van der Waals surface area contributed by atoms with E-state index in [2.05, 4.69) is 60.3 Å². The lowest BCUT2D eigenvalue weighted by molar-refractivity contribution is 0.197. The van der Waals surface area contributed by atoms with Gasteiger partial charge in [-0.25, -0.2) is 4.68 Å². The lowest BCUT2D eigenvalue weighted by Crippen LogP contribution is -2.48. The van der Waals surface area contributed by atoms with Crippen LogP contribution in [0.1, 0.15) is 49.2 Å². The van der Waals surface area contributed by atoms with Gasteiger partial charge in [-0.05, 0) is 53.1 Å². The van der Waals surface area contributed by atoms with E-state index in [4.69, 9.17) is 14.2 Å². The fourth-order valence-corrected chi connectivity index (χ4v) is 5.45. The summed E-state index contributed by atoms with van der Waals surface area (Å²) in [5.41, 5.74) is 2.29. The van der Waals surface area contributed by atoms with Crippen molar-refractivity contribution in [2.24, 2.45) is 0 Å². The van der Waals surface area contributed by atoms with Crippen LogP contribution in [0.15, 0.2) is 42.5 Å². The third-order valence-electron chi connectivity index (χ3n) is 7.24. The van der Waals surface area contributed by atoms with Crippen LogP contribution in [0.2, 0.25) is 0 Å². The van der Waals surface area contributed by atoms with E-state index in [-0.39, 0.29) is 6.04 Å². The molecule has 9 nitrogen and oxygen atoms in total. The number of hydrogen-bond acceptors (Lipinski definition) is 8. The van der Waals surface area contributed by atoms with Crippen molar-refractivity contribution in [2.75, 3.05) is 52.4 Å². The molecule has 2 aromatic carbocycles. The van der Waals surface area contributed by atoms with Crippen molar-refractivity contribution in [2.45, 2.75) is 37.8 Å². The zero-order chi connectivity index (χ0) is 24.2. The van der Waals surface area contributed by atoms with E-state index in [1.54, 1.807) is 21.3 Å². The van der Waals surface area contributed by atoms with Crippen LogP contribution in [-0.2, 0) is 0 Å². The highest BCUT2D eigenvalue weighted by molar-refractivity contribution is 5.55. The average Bonchev–Trinajstić information content (AvgIpc) is 3.61. The van der Waals surface area contributed by atoms with Crippen LogP contribution in [0.3, 0.4) is 0 Å². The van der Waals surface area contributed by atoms with Crippen molar-refractivity contribution >= 4 is 5.69 Å². The fourth-order valence-electron chi connectivity index (χ4n) is 5.45. The maximum atomic E-state index is 5.69. The van der Waals surface area contributed by atoms with Crippen molar-refractivity contribution in [3.8, 4) is 17.2 Å². The highest BCUT2D eigenvalue weighted by Gasteiger charge is 2.34. The summed E-state index contributed by atoms with van der Waals surface area (Å²) in [5.74, 6) is 2.73. The second-order valence-electron chi connectivity index (χ2n) is 9.14. The van der Waals surface area contributed by atoms with Crippen LogP contribution in [0, 0.1) is 0 Å². The van der Waals surface area contributed by atoms with Gasteiger partial charge in [0.2, 0.25) is 5.75 Å². The summed E-state index contributed by atoms with van der Waals surface area (Å²) in [6.07, 6.45) is 4.66. The van der Waals surface area contributed by atoms with E-state index in [1.807, 2.05) is 12.1 Å². The number of ether oxygens (including phenoxy) is 3. The summed E-state index contributed by atoms with van der Waals surface area (Å²) in [4.78, 5) is 4.90. The van der Waals surface area contributed by atoms with Gasteiger partial charge in [0.05, 0.1) is 33.4 Å². The van der Waals surface area contributed by atoms with Gasteiger partial charge in [-0.3, -0.25) is 4.90 Å². The molecule has 1 atom stereocenters. The largest absolute Gasteiger partial charge is 0.493 e. The smallest absolute Gasteiger partial charge is 0.203 e. The van der Waals surface area contributed by atoms with Crippen molar-refractivity contribution in [1.29, 1.82) is 0 Å². The van der Waals surface area contributed by atoms with Gasteiger partial charge in [-0.2, -0.15) is 0 Å². The molecule has 0 spiro atoms. The first-order valence-electron chi connectivity index (χ1n) is 12.3. The molecular weight excluding hydrogens is 444 g/mol. The Balaban J connectivity index is 1.52. The van der Waals surface area contributed by atoms with Gasteiger partial charge >= 0.3 is 0 Å². The number of tetrazole rings is 1. The van der Waals surface area contributed by atoms with Gasteiger partial charge < -0.3 is 19.1 Å². The predicted molar refractivity (Wildman–Crippen MR) is 133 cm³/mol. The molecule has 2 aliphatic rings. The highest BCUT2D eigenvalue weighted by atomic mass is 16.5. The standard InChI is InChI=1S/C26H34N6O3/c1-33-22-17-19(18-23(34-2)25(22)35-3)24(26-27-28-29-32(26)21-11-7-8-12-21)31-15-13-30(14-16-31)20-9-5-4-6-10-20/h4-6,9-10,17-18,21,24H,7-8,11-16H2,1-3H3. The van der Waals surface area contributed by atoms with Crippen LogP contribution in [0.25, 0.3) is 0 Å². The van der Waals surface area contributed by atoms with E-state index < -0.39 is 0 Å². The number of anilines is 1. The van der Waals surface area contributed by atoms with E-state index in [1.165, 1.54) is 18.5 Å². The minimum atomic E-state index is -0.128. The third kappa shape index (κ3) is 4.65. The first kappa shape index (κ1) is 23.4. The molecule has 0 bridgehead atoms. The maximum Gasteiger partial charge on any atom is 0.203 e. The average molecular weight is 479 g/mol. The quantitative estimate of drug-likeness (QED) is 0.485. The molecule has 2 fully saturated rings. The molecule has 1 saturated carbocycles. The molecule has 1 unspecified atom stereocenters. The Kier molecular flexibility index (Phi) is 7.03. The van der Waals surface area contributed by atoms with E-state index in [0.717, 1.165) is 50.4 Å². The topological polar surface area (TPSA) is 77.8 Å². The summed E-state index contributed by atoms with van der Waals surface area (Å²) in [6, 6.07) is 14.9. The van der Waals surface area contributed by atoms with Gasteiger partial charge in [0.15, 0.2) is 17.3 Å². The normalized spacial score (nSPS) is 18.0. The van der Waals surface area contributed by atoms with E-state index in [0.29, 0.717) is 23.3 Å². The number of rotatable bonds is 8. The van der Waals surface area contributed by atoms with Crippen molar-refractivity contribution in [3.05, 3.63) is 53.9 Å². The minimum absolute atomic E-state index is 0.128. The second-order valence-corrected chi connectivity index (χ2v) is 9.14. The molecule has 0 amide bonds. The van der Waals surface area contributed by atoms with Gasteiger partial charge in [-0.15, -0.1) is 5.10 Å². The molecule has 2 heterocycles. The van der Waals surface area contributed by atoms with Gasteiger partial charge in [-0.1, -0.05) is 31.0 Å². The Hall–Kier alpha value is -3.33. The number of methoxy groups -OCH3 is 3. The van der Waals surface area contributed by atoms with E-state index >= 15 is 0 Å². The molecule has 1 saturated heterocycles. The van der Waals surface area contributed by atoms with Gasteiger partial charge in [0, 0.05) is 31.9 Å². The molecule has 186 valence electrons. The number of nitrogens with zero attached hydrogens (tertiary/aromatic N) is 6. The Bertz CT molecular complexity index is 1080. The lowest BCUT2D eigenvalue weighted by Gasteiger charge is -2.40. The Morgan fingerprint density at radius 2 is 1.51 bits per heavy atom. The van der Waals surface area contributed by atoms with Crippen molar-refractivity contribution < 1.29 is 14.2 Å². The lowest BCUT2D eigenvalue weighted by atomic mass is 10.0. The number of benzene rings is 2. The SMILES string of the molecule is COc1cc(C(c2nnnn2C2CCCC2)N2CCN(c3ccccc3)CC2)cc(OC)c1OC. The first-order chi connectivity index (χ1) is 17.2. The molecule has 5 rings (SSSR count). The van der Waals surface area contributed by atoms with Crippen LogP contribution in [-0.4, -0.2) is 72.6 Å². The van der Waals surface area contributed by atoms with E-state index in [9.17, 15) is 0 Å². The number of piperazine rings is 1. The number of aromatic nitrogens is 4. The summed E-state index contributed by atoms with van der Waals surface area (Å²) in [7, 11) is 4.93. The monoisotopic (exact) mass is 478 g/mol. The summed E-state index contributed by atoms with van der Waals surface area (Å²) in [6.45, 7) is 3.62. The maximum absolute atomic E-state index is 5.69. The molecule has 1 aliphatic carbocycles. The Morgan fingerprint density at radius 1 is 0.857 bits per heavy atom. The predicted octanol–water partition coefficient (Wildman–Crippen LogP) is 3.73. The molecule has 9 heteroatoms. The summed E-state index contributed by atoms with van der Waals surface area (Å²) < 4.78 is 19.0. The molecule has 1 aromatic heterocycles. The van der Waals surface area contributed by atoms with Crippen LogP contribution < -0.4 is 19.1 Å². The van der Waals surface area contributed by atoms with Gasteiger partial charge in [0.1, 0.15) is 0 Å². The minimum Gasteiger partial charge on any atom is -0.493 e. The Labute approximate surface area is 206 Å². The fraction of sp³-hybridized carbons (Fsp3) is 0.500. The zero-order valence-electron chi connectivity index (χ0n) is 20.8. The summed E-state index contributed by atoms with van der Waals surface area (Å²) >= 11 is 0. The molecule has 3 aromatic rings. The molecule has 1 aliphatic heterocycles. The first-order valence-corrected chi connectivity index (χ1v) is 12.3. The number of hydrogen-bond donors (Lipinski definition) is 0. The van der Waals surface area contributed by atoms with Crippen molar-refractivity contribution in [3.63, 3.8) is 0 Å². The van der Waals surface area contributed by atoms with Crippen LogP contribution in [0.4, 0.5) is 5.69 Å². The van der Waals surface area contributed by atoms with Crippen LogP contribution >= 0.6 is 0 Å². The molecule has 0 radical (unpaired) electrons. The van der Waals surface area contributed by atoms with Gasteiger partial charge in [0.25, 0.3) is 0 Å². The summed E-state index contributed by atoms with van der Waals surface area (Å²) in [5, 5.41) is 13.2. The van der Waals surface area contributed by atoms with Crippen molar-refractivity contribution in [1.82, 2.24) is 25.1 Å². The van der Waals surface area contributed by atoms with Crippen LogP contribution in [0.5, 0.6) is 17.2 Å². The second kappa shape index (κ2) is 10.5. The molecular formula is C26H34N6O3. The number of para-hydroxylation sites is 1.